The van der Waals surface area contributed by atoms with Crippen LogP contribution >= 0.6 is 11.6 Å². The van der Waals surface area contributed by atoms with Gasteiger partial charge in [-0.25, -0.2) is 0 Å². The van der Waals surface area contributed by atoms with E-state index in [-0.39, 0.29) is 18.9 Å². The topological polar surface area (TPSA) is 79.3 Å². The molecule has 0 bridgehead atoms. The third-order valence-corrected chi connectivity index (χ3v) is 2.72. The Morgan fingerprint density at radius 3 is 2.79 bits per heavy atom. The fraction of sp³-hybridized carbons (Fsp3) is 0.154. The predicted octanol–water partition coefficient (Wildman–Crippen LogP) is 1.63. The summed E-state index contributed by atoms with van der Waals surface area (Å²) in [5, 5.41) is 12.3. The molecule has 19 heavy (non-hydrogen) atoms. The maximum atomic E-state index is 11.5. The van der Waals surface area contributed by atoms with Gasteiger partial charge in [-0.3, -0.25) is 14.6 Å². The number of fused-ring (bicyclic) bond motifs is 1. The van der Waals surface area contributed by atoms with Crippen LogP contribution in [-0.2, 0) is 16.0 Å². The Morgan fingerprint density at radius 1 is 1.26 bits per heavy atom. The number of rotatable bonds is 4. The molecule has 1 amide bonds. The van der Waals surface area contributed by atoms with Gasteiger partial charge in [0.15, 0.2) is 0 Å². The van der Waals surface area contributed by atoms with Gasteiger partial charge in [-0.15, -0.1) is 0 Å². The van der Waals surface area contributed by atoms with Crippen molar-refractivity contribution < 1.29 is 14.7 Å². The van der Waals surface area contributed by atoms with Crippen LogP contribution in [0.4, 0.5) is 0 Å². The number of carbonyl (C=O) groups is 2. The average molecular weight is 279 g/mol. The maximum Gasteiger partial charge on any atom is 0.322 e. The van der Waals surface area contributed by atoms with Crippen LogP contribution in [0.3, 0.4) is 0 Å². The van der Waals surface area contributed by atoms with Gasteiger partial charge in [0.1, 0.15) is 6.54 Å². The minimum atomic E-state index is -1.07. The number of carboxylic acid groups (broad SMARTS) is 1. The fourth-order valence-electron chi connectivity index (χ4n) is 1.64. The molecule has 0 aliphatic rings. The van der Waals surface area contributed by atoms with Crippen molar-refractivity contribution in [3.63, 3.8) is 0 Å². The molecule has 0 aliphatic carbocycles. The van der Waals surface area contributed by atoms with E-state index in [2.05, 4.69) is 10.3 Å². The number of amides is 1. The Balaban J connectivity index is 2.11. The van der Waals surface area contributed by atoms with Gasteiger partial charge in [0.05, 0.1) is 17.6 Å². The number of nitrogens with zero attached hydrogens (tertiary/aromatic N) is 1. The highest BCUT2D eigenvalue weighted by molar-refractivity contribution is 6.31. The lowest BCUT2D eigenvalue weighted by molar-refractivity contribution is -0.137. The van der Waals surface area contributed by atoms with Gasteiger partial charge >= 0.3 is 5.97 Å². The van der Waals surface area contributed by atoms with Crippen LogP contribution in [0.15, 0.2) is 30.3 Å². The molecular formula is C13H11ClN2O3. The molecule has 0 radical (unpaired) electrons. The zero-order valence-electron chi connectivity index (χ0n) is 9.89. The second kappa shape index (κ2) is 5.67. The summed E-state index contributed by atoms with van der Waals surface area (Å²) < 4.78 is 0. The molecule has 2 N–H and O–H groups in total. The van der Waals surface area contributed by atoms with Crippen LogP contribution in [0, 0.1) is 0 Å². The Hall–Kier alpha value is -2.14. The highest BCUT2D eigenvalue weighted by Gasteiger charge is 2.07. The Bertz CT molecular complexity index is 643. The molecule has 0 atom stereocenters. The quantitative estimate of drug-likeness (QED) is 0.891. The number of benzene rings is 1. The van der Waals surface area contributed by atoms with Crippen molar-refractivity contribution >= 4 is 34.4 Å². The van der Waals surface area contributed by atoms with E-state index in [4.69, 9.17) is 16.7 Å². The first-order valence-electron chi connectivity index (χ1n) is 5.58. The lowest BCUT2D eigenvalue weighted by Gasteiger charge is -2.04. The van der Waals surface area contributed by atoms with Crippen LogP contribution < -0.4 is 5.32 Å². The molecule has 1 aromatic heterocycles. The van der Waals surface area contributed by atoms with E-state index in [0.717, 1.165) is 10.9 Å². The van der Waals surface area contributed by atoms with E-state index < -0.39 is 5.97 Å². The first kappa shape index (κ1) is 13.3. The van der Waals surface area contributed by atoms with Crippen molar-refractivity contribution in [2.24, 2.45) is 0 Å². The molecule has 0 fully saturated rings. The lowest BCUT2D eigenvalue weighted by atomic mass is 10.2. The van der Waals surface area contributed by atoms with Crippen molar-refractivity contribution in [2.75, 3.05) is 6.54 Å². The summed E-state index contributed by atoms with van der Waals surface area (Å²) in [6.45, 7) is -0.387. The largest absolute Gasteiger partial charge is 0.480 e. The molecule has 0 unspecified atom stereocenters. The molecule has 5 nitrogen and oxygen atoms in total. The zero-order valence-corrected chi connectivity index (χ0v) is 10.6. The van der Waals surface area contributed by atoms with E-state index in [1.54, 1.807) is 24.3 Å². The summed E-state index contributed by atoms with van der Waals surface area (Å²) in [6, 6.07) is 8.84. The van der Waals surface area contributed by atoms with Gasteiger partial charge in [0, 0.05) is 10.4 Å². The van der Waals surface area contributed by atoms with Crippen molar-refractivity contribution in [3.8, 4) is 0 Å². The van der Waals surface area contributed by atoms with Crippen molar-refractivity contribution in [2.45, 2.75) is 6.42 Å². The van der Waals surface area contributed by atoms with Crippen molar-refractivity contribution in [1.82, 2.24) is 10.3 Å². The van der Waals surface area contributed by atoms with Gasteiger partial charge in [-0.2, -0.15) is 0 Å². The Morgan fingerprint density at radius 2 is 2.05 bits per heavy atom. The summed E-state index contributed by atoms with van der Waals surface area (Å²) >= 11 is 5.87. The lowest BCUT2D eigenvalue weighted by Crippen LogP contribution is -2.30. The van der Waals surface area contributed by atoms with Crippen LogP contribution in [0.5, 0.6) is 0 Å². The normalized spacial score (nSPS) is 10.4. The minimum Gasteiger partial charge on any atom is -0.480 e. The third-order valence-electron chi connectivity index (χ3n) is 2.49. The summed E-state index contributed by atoms with van der Waals surface area (Å²) in [6.07, 6.45) is 0.0475. The molecule has 6 heteroatoms. The molecule has 0 spiro atoms. The molecular weight excluding hydrogens is 268 g/mol. The Labute approximate surface area is 114 Å². The second-order valence-electron chi connectivity index (χ2n) is 3.99. The number of nitrogens with one attached hydrogen (secondary N) is 1. The second-order valence-corrected chi connectivity index (χ2v) is 4.42. The summed E-state index contributed by atoms with van der Waals surface area (Å²) in [4.78, 5) is 26.1. The zero-order chi connectivity index (χ0) is 13.8. The first-order valence-corrected chi connectivity index (χ1v) is 5.96. The monoisotopic (exact) mass is 278 g/mol. The molecule has 98 valence electrons. The van der Waals surface area contributed by atoms with Gasteiger partial charge in [-0.1, -0.05) is 17.7 Å². The third kappa shape index (κ3) is 3.66. The maximum absolute atomic E-state index is 11.5. The number of hydrogen-bond donors (Lipinski definition) is 2. The molecule has 1 aromatic carbocycles. The number of carbonyl (C=O) groups excluding carboxylic acids is 1. The standard InChI is InChI=1S/C13H11ClN2O3/c14-9-2-4-11-8(5-9)1-3-10(16-11)6-12(17)15-7-13(18)19/h1-5H,6-7H2,(H,15,17)(H,18,19). The molecule has 1 heterocycles. The first-order chi connectivity index (χ1) is 9.04. The SMILES string of the molecule is O=C(O)CNC(=O)Cc1ccc2cc(Cl)ccc2n1. The highest BCUT2D eigenvalue weighted by Crippen LogP contribution is 2.18. The van der Waals surface area contributed by atoms with Crippen molar-refractivity contribution in [3.05, 3.63) is 41.0 Å². The molecule has 0 aliphatic heterocycles. The van der Waals surface area contributed by atoms with Gasteiger partial charge in [0.25, 0.3) is 0 Å². The van der Waals surface area contributed by atoms with Gasteiger partial charge in [-0.05, 0) is 24.3 Å². The van der Waals surface area contributed by atoms with E-state index in [9.17, 15) is 9.59 Å². The van der Waals surface area contributed by atoms with Gasteiger partial charge < -0.3 is 10.4 Å². The molecule has 0 saturated heterocycles. The van der Waals surface area contributed by atoms with Crippen LogP contribution in [0.2, 0.25) is 5.02 Å². The van der Waals surface area contributed by atoms with Crippen molar-refractivity contribution in [1.29, 1.82) is 0 Å². The number of carboxylic acids is 1. The molecule has 2 aromatic rings. The summed E-state index contributed by atoms with van der Waals surface area (Å²) in [7, 11) is 0. The van der Waals surface area contributed by atoms with E-state index in [1.807, 2.05) is 6.07 Å². The molecule has 0 saturated carbocycles. The van der Waals surface area contributed by atoms with E-state index >= 15 is 0 Å². The highest BCUT2D eigenvalue weighted by atomic mass is 35.5. The van der Waals surface area contributed by atoms with E-state index in [0.29, 0.717) is 10.7 Å². The number of halogens is 1. The van der Waals surface area contributed by atoms with Gasteiger partial charge in [0.2, 0.25) is 5.91 Å². The summed E-state index contributed by atoms with van der Waals surface area (Å²) in [5.74, 6) is -1.45. The number of aliphatic carboxylic acids is 1. The molecule has 2 rings (SSSR count). The summed E-state index contributed by atoms with van der Waals surface area (Å²) in [5.41, 5.74) is 1.32. The van der Waals surface area contributed by atoms with Crippen LogP contribution in [0.25, 0.3) is 10.9 Å². The number of aromatic nitrogens is 1. The Kier molecular flexibility index (Phi) is 3.97. The smallest absolute Gasteiger partial charge is 0.322 e. The predicted molar refractivity (Wildman–Crippen MR) is 71.1 cm³/mol. The number of hydrogen-bond acceptors (Lipinski definition) is 3. The fourth-order valence-corrected chi connectivity index (χ4v) is 1.82. The number of pyridine rings is 1. The van der Waals surface area contributed by atoms with E-state index in [1.165, 1.54) is 0 Å². The average Bonchev–Trinajstić information content (AvgIpc) is 2.36. The van der Waals surface area contributed by atoms with Crippen LogP contribution in [0.1, 0.15) is 5.69 Å². The van der Waals surface area contributed by atoms with Crippen LogP contribution in [-0.4, -0.2) is 28.5 Å². The minimum absolute atomic E-state index is 0.0475.